The first-order valence-corrected chi connectivity index (χ1v) is 7.61. The second kappa shape index (κ2) is 6.92. The van der Waals surface area contributed by atoms with Crippen molar-refractivity contribution in [3.8, 4) is 0 Å². The smallest absolute Gasteiger partial charge is 0.412 e. The fourth-order valence-electron chi connectivity index (χ4n) is 2.36. The highest BCUT2D eigenvalue weighted by Gasteiger charge is 2.31. The van der Waals surface area contributed by atoms with Crippen LogP contribution in [-0.2, 0) is 9.47 Å². The molecule has 5 heteroatoms. The average Bonchev–Trinajstić information content (AvgIpc) is 2.46. The molecule has 0 aromatic carbocycles. The van der Waals surface area contributed by atoms with Crippen LogP contribution in [0.1, 0.15) is 39.7 Å². The van der Waals surface area contributed by atoms with Crippen LogP contribution in [0.4, 0.5) is 4.79 Å². The number of pyridine rings is 1. The largest absolute Gasteiger partial charge is 0.444 e. The summed E-state index contributed by atoms with van der Waals surface area (Å²) in [4.78, 5) is 18.0. The number of aromatic nitrogens is 1. The van der Waals surface area contributed by atoms with Crippen LogP contribution in [0.2, 0.25) is 0 Å². The van der Waals surface area contributed by atoms with Crippen LogP contribution < -0.4 is 0 Å². The van der Waals surface area contributed by atoms with Gasteiger partial charge in [0, 0.05) is 32.0 Å². The number of rotatable bonds is 3. The molecule has 0 bridgehead atoms. The zero-order valence-corrected chi connectivity index (χ0v) is 13.7. The fourth-order valence-corrected chi connectivity index (χ4v) is 2.36. The molecule has 1 aliphatic rings. The van der Waals surface area contributed by atoms with Crippen molar-refractivity contribution < 1.29 is 14.3 Å². The van der Waals surface area contributed by atoms with Crippen LogP contribution in [0.3, 0.4) is 0 Å². The van der Waals surface area contributed by atoms with Crippen molar-refractivity contribution >= 4 is 11.7 Å². The van der Waals surface area contributed by atoms with Crippen molar-refractivity contribution in [3.05, 3.63) is 36.2 Å². The summed E-state index contributed by atoms with van der Waals surface area (Å²) < 4.78 is 11.2. The Labute approximate surface area is 131 Å². The Hall–Kier alpha value is -1.88. The van der Waals surface area contributed by atoms with Gasteiger partial charge in [0.1, 0.15) is 11.8 Å². The lowest BCUT2D eigenvalue weighted by Crippen LogP contribution is -2.46. The lowest BCUT2D eigenvalue weighted by atomic mass is 9.99. The Morgan fingerprint density at radius 2 is 2.05 bits per heavy atom. The molecular weight excluding hydrogens is 280 g/mol. The molecule has 5 nitrogen and oxygen atoms in total. The van der Waals surface area contributed by atoms with Gasteiger partial charge >= 0.3 is 6.09 Å². The molecule has 0 spiro atoms. The Balaban J connectivity index is 2.15. The predicted octanol–water partition coefficient (Wildman–Crippen LogP) is 3.47. The summed E-state index contributed by atoms with van der Waals surface area (Å²) in [6.45, 7) is 8.55. The molecule has 1 aromatic heterocycles. The average molecular weight is 304 g/mol. The standard InChI is InChI=1S/C17H24N2O3/c1-5-21-15-12-14(13-6-9-18-10-7-13)8-11-19(15)16(20)22-17(2,3)4/h6-10,15H,5,11-12H2,1-4H3. The van der Waals surface area contributed by atoms with Crippen LogP contribution in [0.15, 0.2) is 30.6 Å². The Bertz CT molecular complexity index is 535. The summed E-state index contributed by atoms with van der Waals surface area (Å²) in [6.07, 6.45) is 5.60. The van der Waals surface area contributed by atoms with Crippen LogP contribution in [0, 0.1) is 0 Å². The number of amides is 1. The minimum Gasteiger partial charge on any atom is -0.444 e. The van der Waals surface area contributed by atoms with Crippen molar-refractivity contribution in [2.45, 2.75) is 45.9 Å². The van der Waals surface area contributed by atoms with Crippen molar-refractivity contribution in [1.82, 2.24) is 9.88 Å². The highest BCUT2D eigenvalue weighted by molar-refractivity contribution is 5.73. The van der Waals surface area contributed by atoms with Gasteiger partial charge in [0.2, 0.25) is 0 Å². The summed E-state index contributed by atoms with van der Waals surface area (Å²) >= 11 is 0. The van der Waals surface area contributed by atoms with Gasteiger partial charge in [0.15, 0.2) is 0 Å². The second-order valence-corrected chi connectivity index (χ2v) is 6.21. The lowest BCUT2D eigenvalue weighted by Gasteiger charge is -2.36. The van der Waals surface area contributed by atoms with Crippen molar-refractivity contribution in [2.24, 2.45) is 0 Å². The number of hydrogen-bond donors (Lipinski definition) is 0. The molecule has 2 rings (SSSR count). The minimum atomic E-state index is -0.511. The van der Waals surface area contributed by atoms with Gasteiger partial charge in [0.05, 0.1) is 0 Å². The third-order valence-electron chi connectivity index (χ3n) is 3.31. The normalized spacial score (nSPS) is 18.8. The molecule has 1 unspecified atom stereocenters. The SMILES string of the molecule is CCOC1CC(c2ccncc2)=CCN1C(=O)OC(C)(C)C. The first-order chi connectivity index (χ1) is 10.4. The van der Waals surface area contributed by atoms with E-state index in [1.165, 1.54) is 5.57 Å². The molecule has 0 fully saturated rings. The van der Waals surface area contributed by atoms with E-state index in [1.807, 2.05) is 39.8 Å². The van der Waals surface area contributed by atoms with E-state index in [4.69, 9.17) is 9.47 Å². The van der Waals surface area contributed by atoms with Gasteiger partial charge in [-0.15, -0.1) is 0 Å². The third-order valence-corrected chi connectivity index (χ3v) is 3.31. The highest BCUT2D eigenvalue weighted by Crippen LogP contribution is 2.27. The van der Waals surface area contributed by atoms with Gasteiger partial charge in [-0.3, -0.25) is 9.88 Å². The molecule has 120 valence electrons. The summed E-state index contributed by atoms with van der Waals surface area (Å²) in [5.74, 6) is 0. The number of ether oxygens (including phenoxy) is 2. The Kier molecular flexibility index (Phi) is 5.19. The Morgan fingerprint density at radius 3 is 2.64 bits per heavy atom. The number of nitrogens with zero attached hydrogens (tertiary/aromatic N) is 2. The van der Waals surface area contributed by atoms with E-state index in [-0.39, 0.29) is 12.3 Å². The van der Waals surface area contributed by atoms with E-state index in [1.54, 1.807) is 17.3 Å². The molecular formula is C17H24N2O3. The highest BCUT2D eigenvalue weighted by atomic mass is 16.6. The molecule has 0 radical (unpaired) electrons. The zero-order chi connectivity index (χ0) is 16.2. The quantitative estimate of drug-likeness (QED) is 0.858. The van der Waals surface area contributed by atoms with Gasteiger partial charge in [-0.1, -0.05) is 6.08 Å². The molecule has 1 atom stereocenters. The summed E-state index contributed by atoms with van der Waals surface area (Å²) in [5, 5.41) is 0. The van der Waals surface area contributed by atoms with E-state index >= 15 is 0 Å². The van der Waals surface area contributed by atoms with Crippen LogP contribution >= 0.6 is 0 Å². The molecule has 1 amide bonds. The molecule has 22 heavy (non-hydrogen) atoms. The van der Waals surface area contributed by atoms with Crippen molar-refractivity contribution in [3.63, 3.8) is 0 Å². The molecule has 2 heterocycles. The third kappa shape index (κ3) is 4.31. The second-order valence-electron chi connectivity index (χ2n) is 6.21. The van der Waals surface area contributed by atoms with Gasteiger partial charge in [-0.05, 0) is 51.0 Å². The van der Waals surface area contributed by atoms with E-state index in [2.05, 4.69) is 11.1 Å². The minimum absolute atomic E-state index is 0.298. The molecule has 1 aliphatic heterocycles. The summed E-state index contributed by atoms with van der Waals surface area (Å²) in [5.41, 5.74) is 1.77. The first kappa shape index (κ1) is 16.5. The maximum atomic E-state index is 12.3. The van der Waals surface area contributed by atoms with Crippen LogP contribution in [0.25, 0.3) is 5.57 Å². The number of carbonyl (C=O) groups excluding carboxylic acids is 1. The molecule has 0 N–H and O–H groups in total. The van der Waals surface area contributed by atoms with E-state index in [9.17, 15) is 4.79 Å². The summed E-state index contributed by atoms with van der Waals surface area (Å²) in [6, 6.07) is 3.94. The van der Waals surface area contributed by atoms with Gasteiger partial charge in [-0.25, -0.2) is 4.79 Å². The molecule has 0 aliphatic carbocycles. The lowest BCUT2D eigenvalue weighted by molar-refractivity contribution is -0.0596. The van der Waals surface area contributed by atoms with E-state index in [0.29, 0.717) is 19.6 Å². The van der Waals surface area contributed by atoms with Gasteiger partial charge in [-0.2, -0.15) is 0 Å². The summed E-state index contributed by atoms with van der Waals surface area (Å²) in [7, 11) is 0. The maximum absolute atomic E-state index is 12.3. The van der Waals surface area contributed by atoms with Crippen LogP contribution in [0.5, 0.6) is 0 Å². The van der Waals surface area contributed by atoms with Crippen molar-refractivity contribution in [1.29, 1.82) is 0 Å². The number of hydrogen-bond acceptors (Lipinski definition) is 4. The molecule has 1 aromatic rings. The number of carbonyl (C=O) groups is 1. The van der Waals surface area contributed by atoms with Crippen molar-refractivity contribution in [2.75, 3.05) is 13.2 Å². The monoisotopic (exact) mass is 304 g/mol. The Morgan fingerprint density at radius 1 is 1.36 bits per heavy atom. The molecule has 0 saturated heterocycles. The molecule has 0 saturated carbocycles. The van der Waals surface area contributed by atoms with Crippen LogP contribution in [-0.4, -0.2) is 41.0 Å². The predicted molar refractivity (Wildman–Crippen MR) is 85.2 cm³/mol. The maximum Gasteiger partial charge on any atom is 0.412 e. The van der Waals surface area contributed by atoms with E-state index < -0.39 is 5.60 Å². The van der Waals surface area contributed by atoms with Gasteiger partial charge < -0.3 is 9.47 Å². The zero-order valence-electron chi connectivity index (χ0n) is 13.7. The van der Waals surface area contributed by atoms with E-state index in [0.717, 1.165) is 5.56 Å². The van der Waals surface area contributed by atoms with Gasteiger partial charge in [0.25, 0.3) is 0 Å². The fraction of sp³-hybridized carbons (Fsp3) is 0.529. The topological polar surface area (TPSA) is 51.7 Å². The first-order valence-electron chi connectivity index (χ1n) is 7.61.